The van der Waals surface area contributed by atoms with Gasteiger partial charge in [0.1, 0.15) is 5.75 Å². The Balaban J connectivity index is 1.84. The maximum absolute atomic E-state index is 11.6. The van der Waals surface area contributed by atoms with Crippen molar-refractivity contribution in [3.63, 3.8) is 0 Å². The summed E-state index contributed by atoms with van der Waals surface area (Å²) in [5.41, 5.74) is 0.748. The van der Waals surface area contributed by atoms with Crippen molar-refractivity contribution in [2.75, 3.05) is 20.2 Å². The average Bonchev–Trinajstić information content (AvgIpc) is 2.84. The number of benzene rings is 1. The first-order valence-corrected chi connectivity index (χ1v) is 7.17. The minimum absolute atomic E-state index is 0.168. The Kier molecular flexibility index (Phi) is 4.97. The highest BCUT2D eigenvalue weighted by Crippen LogP contribution is 2.19. The molecule has 2 rings (SSSR count). The topological polar surface area (TPSA) is 29.5 Å². The summed E-state index contributed by atoms with van der Waals surface area (Å²) in [6.07, 6.45) is 4.16. The molecule has 3 nitrogen and oxygen atoms in total. The number of carbonyl (C=O) groups excluding carboxylic acids is 1. The van der Waals surface area contributed by atoms with Gasteiger partial charge in [-0.25, -0.2) is 0 Å². The molecule has 0 aromatic heterocycles. The fourth-order valence-corrected chi connectivity index (χ4v) is 2.62. The second kappa shape index (κ2) is 6.71. The number of hydrogen-bond donors (Lipinski definition) is 0. The number of ether oxygens (including phenoxy) is 1. The summed E-state index contributed by atoms with van der Waals surface area (Å²) in [7, 11) is 2.18. The SMILES string of the molecule is CCC(=O)c1cccc(OCCC2CCCN2C)c1. The van der Waals surface area contributed by atoms with Crippen LogP contribution in [0.2, 0.25) is 0 Å². The molecular weight excluding hydrogens is 238 g/mol. The summed E-state index contributed by atoms with van der Waals surface area (Å²) in [6, 6.07) is 8.17. The van der Waals surface area contributed by atoms with E-state index in [1.807, 2.05) is 31.2 Å². The van der Waals surface area contributed by atoms with Gasteiger partial charge in [-0.2, -0.15) is 0 Å². The van der Waals surface area contributed by atoms with Crippen molar-refractivity contribution in [3.8, 4) is 5.75 Å². The Labute approximate surface area is 115 Å². The van der Waals surface area contributed by atoms with E-state index in [1.54, 1.807) is 0 Å². The summed E-state index contributed by atoms with van der Waals surface area (Å²) < 4.78 is 5.77. The van der Waals surface area contributed by atoms with Crippen molar-refractivity contribution >= 4 is 5.78 Å². The standard InChI is InChI=1S/C16H23NO2/c1-3-16(18)13-6-4-8-15(12-13)19-11-9-14-7-5-10-17(14)2/h4,6,8,12,14H,3,5,7,9-11H2,1-2H3. The lowest BCUT2D eigenvalue weighted by molar-refractivity contribution is 0.0987. The summed E-state index contributed by atoms with van der Waals surface area (Å²) >= 11 is 0. The number of rotatable bonds is 6. The summed E-state index contributed by atoms with van der Waals surface area (Å²) in [5, 5.41) is 0. The van der Waals surface area contributed by atoms with Crippen LogP contribution in [0.5, 0.6) is 5.75 Å². The van der Waals surface area contributed by atoms with E-state index in [-0.39, 0.29) is 5.78 Å². The van der Waals surface area contributed by atoms with E-state index in [0.29, 0.717) is 12.5 Å². The van der Waals surface area contributed by atoms with Crippen molar-refractivity contribution in [2.24, 2.45) is 0 Å². The maximum Gasteiger partial charge on any atom is 0.162 e. The smallest absolute Gasteiger partial charge is 0.162 e. The normalized spacial score (nSPS) is 19.6. The van der Waals surface area contributed by atoms with Gasteiger partial charge in [0.15, 0.2) is 5.78 Å². The largest absolute Gasteiger partial charge is 0.494 e. The number of hydrogen-bond acceptors (Lipinski definition) is 3. The Bertz CT molecular complexity index is 431. The van der Waals surface area contributed by atoms with E-state index >= 15 is 0 Å². The highest BCUT2D eigenvalue weighted by Gasteiger charge is 2.20. The van der Waals surface area contributed by atoms with Gasteiger partial charge in [0.25, 0.3) is 0 Å². The molecule has 0 radical (unpaired) electrons. The minimum atomic E-state index is 0.168. The van der Waals surface area contributed by atoms with Crippen LogP contribution in [0.1, 0.15) is 43.0 Å². The first-order valence-electron chi connectivity index (χ1n) is 7.17. The fourth-order valence-electron chi connectivity index (χ4n) is 2.62. The third kappa shape index (κ3) is 3.80. The highest BCUT2D eigenvalue weighted by atomic mass is 16.5. The van der Waals surface area contributed by atoms with Gasteiger partial charge in [-0.05, 0) is 45.0 Å². The second-order valence-electron chi connectivity index (χ2n) is 5.22. The number of ketones is 1. The van der Waals surface area contributed by atoms with Gasteiger partial charge in [-0.3, -0.25) is 4.79 Å². The van der Waals surface area contributed by atoms with Gasteiger partial charge in [-0.1, -0.05) is 19.1 Å². The molecule has 1 fully saturated rings. The van der Waals surface area contributed by atoms with Gasteiger partial charge in [0, 0.05) is 18.0 Å². The van der Waals surface area contributed by atoms with Gasteiger partial charge in [0.2, 0.25) is 0 Å². The predicted molar refractivity (Wildman–Crippen MR) is 76.8 cm³/mol. The van der Waals surface area contributed by atoms with E-state index < -0.39 is 0 Å². The lowest BCUT2D eigenvalue weighted by Crippen LogP contribution is -2.26. The summed E-state index contributed by atoms with van der Waals surface area (Å²) in [6.45, 7) is 3.80. The van der Waals surface area contributed by atoms with Crippen LogP contribution in [0.25, 0.3) is 0 Å². The van der Waals surface area contributed by atoms with Crippen LogP contribution >= 0.6 is 0 Å². The molecule has 1 aromatic carbocycles. The van der Waals surface area contributed by atoms with E-state index in [9.17, 15) is 4.79 Å². The van der Waals surface area contributed by atoms with Crippen LogP contribution in [-0.4, -0.2) is 36.9 Å². The Hall–Kier alpha value is -1.35. The van der Waals surface area contributed by atoms with Crippen LogP contribution in [0.4, 0.5) is 0 Å². The van der Waals surface area contributed by atoms with Crippen LogP contribution in [0, 0.1) is 0 Å². The Morgan fingerprint density at radius 1 is 1.47 bits per heavy atom. The van der Waals surface area contributed by atoms with Crippen molar-refractivity contribution < 1.29 is 9.53 Å². The molecule has 1 atom stereocenters. The lowest BCUT2D eigenvalue weighted by Gasteiger charge is -2.19. The first kappa shape index (κ1) is 14.1. The molecule has 0 N–H and O–H groups in total. The predicted octanol–water partition coefficient (Wildman–Crippen LogP) is 3.14. The van der Waals surface area contributed by atoms with Crippen molar-refractivity contribution in [1.29, 1.82) is 0 Å². The van der Waals surface area contributed by atoms with Crippen LogP contribution < -0.4 is 4.74 Å². The van der Waals surface area contributed by atoms with Gasteiger partial charge >= 0.3 is 0 Å². The number of likely N-dealkylation sites (tertiary alicyclic amines) is 1. The third-order valence-corrected chi connectivity index (χ3v) is 3.87. The Morgan fingerprint density at radius 2 is 2.32 bits per heavy atom. The Morgan fingerprint density at radius 3 is 3.00 bits per heavy atom. The minimum Gasteiger partial charge on any atom is -0.494 e. The van der Waals surface area contributed by atoms with Crippen molar-refractivity contribution in [2.45, 2.75) is 38.6 Å². The molecule has 0 spiro atoms. The molecule has 104 valence electrons. The van der Waals surface area contributed by atoms with E-state index in [4.69, 9.17) is 4.74 Å². The average molecular weight is 261 g/mol. The van der Waals surface area contributed by atoms with Crippen LogP contribution in [0.3, 0.4) is 0 Å². The van der Waals surface area contributed by atoms with Gasteiger partial charge < -0.3 is 9.64 Å². The molecule has 0 amide bonds. The molecule has 1 aromatic rings. The third-order valence-electron chi connectivity index (χ3n) is 3.87. The van der Waals surface area contributed by atoms with E-state index in [2.05, 4.69) is 11.9 Å². The molecule has 3 heteroatoms. The molecule has 0 aliphatic carbocycles. The molecule has 0 saturated carbocycles. The molecule has 1 aliphatic rings. The molecule has 1 saturated heterocycles. The molecule has 1 heterocycles. The fraction of sp³-hybridized carbons (Fsp3) is 0.562. The zero-order chi connectivity index (χ0) is 13.7. The van der Waals surface area contributed by atoms with Gasteiger partial charge in [-0.15, -0.1) is 0 Å². The number of nitrogens with zero attached hydrogens (tertiary/aromatic N) is 1. The first-order chi connectivity index (χ1) is 9.20. The summed E-state index contributed by atoms with van der Waals surface area (Å²) in [4.78, 5) is 14.0. The number of carbonyl (C=O) groups is 1. The second-order valence-corrected chi connectivity index (χ2v) is 5.22. The zero-order valence-corrected chi connectivity index (χ0v) is 11.9. The number of Topliss-reactive ketones (excluding diaryl/α,β-unsaturated/α-hetero) is 1. The molecular formula is C16H23NO2. The van der Waals surface area contributed by atoms with Crippen molar-refractivity contribution in [3.05, 3.63) is 29.8 Å². The molecule has 1 unspecified atom stereocenters. The van der Waals surface area contributed by atoms with Gasteiger partial charge in [0.05, 0.1) is 6.61 Å². The monoisotopic (exact) mass is 261 g/mol. The van der Waals surface area contributed by atoms with Crippen LogP contribution in [-0.2, 0) is 0 Å². The molecule has 0 bridgehead atoms. The highest BCUT2D eigenvalue weighted by molar-refractivity contribution is 5.96. The zero-order valence-electron chi connectivity index (χ0n) is 11.9. The summed E-state index contributed by atoms with van der Waals surface area (Å²) in [5.74, 6) is 0.973. The van der Waals surface area contributed by atoms with Crippen LogP contribution in [0.15, 0.2) is 24.3 Å². The van der Waals surface area contributed by atoms with Crippen molar-refractivity contribution in [1.82, 2.24) is 4.90 Å². The molecule has 1 aliphatic heterocycles. The molecule has 19 heavy (non-hydrogen) atoms. The van der Waals surface area contributed by atoms with E-state index in [1.165, 1.54) is 19.4 Å². The quantitative estimate of drug-likeness (QED) is 0.737. The maximum atomic E-state index is 11.6. The van der Waals surface area contributed by atoms with E-state index in [0.717, 1.165) is 24.3 Å². The lowest BCUT2D eigenvalue weighted by atomic mass is 10.1.